The molecule has 15 heavy (non-hydrogen) atoms. The van der Waals surface area contributed by atoms with Gasteiger partial charge in [0.15, 0.2) is 0 Å². The van der Waals surface area contributed by atoms with Crippen molar-refractivity contribution in [2.24, 2.45) is 0 Å². The van der Waals surface area contributed by atoms with Crippen LogP contribution in [0.2, 0.25) is 0 Å². The molecule has 0 unspecified atom stereocenters. The molecule has 0 saturated heterocycles. The molecule has 0 fully saturated rings. The molecule has 1 rings (SSSR count). The second kappa shape index (κ2) is 4.47. The molecule has 0 aliphatic heterocycles. The number of hydrogen-bond acceptors (Lipinski definition) is 2. The number of ether oxygens (including phenoxy) is 1. The predicted octanol–water partition coefficient (Wildman–Crippen LogP) is 2.72. The SMILES string of the molecule is [C-]#[N+]c1cc(C(=O)O)ccc1OC(C)C. The van der Waals surface area contributed by atoms with Gasteiger partial charge in [-0.05, 0) is 32.0 Å². The van der Waals surface area contributed by atoms with Gasteiger partial charge in [-0.15, -0.1) is 0 Å². The van der Waals surface area contributed by atoms with Gasteiger partial charge in [-0.2, -0.15) is 0 Å². The number of carboxylic acids is 1. The Morgan fingerprint density at radius 1 is 1.53 bits per heavy atom. The van der Waals surface area contributed by atoms with Crippen molar-refractivity contribution in [3.05, 3.63) is 35.2 Å². The van der Waals surface area contributed by atoms with Crippen molar-refractivity contribution in [1.29, 1.82) is 0 Å². The van der Waals surface area contributed by atoms with Crippen LogP contribution in [0, 0.1) is 6.57 Å². The summed E-state index contributed by atoms with van der Waals surface area (Å²) in [6.07, 6.45) is -0.0406. The normalized spacial score (nSPS) is 9.73. The number of benzene rings is 1. The molecule has 1 N–H and O–H groups in total. The molecule has 4 heteroatoms. The van der Waals surface area contributed by atoms with E-state index in [2.05, 4.69) is 4.85 Å². The van der Waals surface area contributed by atoms with Crippen molar-refractivity contribution in [2.75, 3.05) is 0 Å². The summed E-state index contributed by atoms with van der Waals surface area (Å²) in [7, 11) is 0. The maximum absolute atomic E-state index is 10.7. The van der Waals surface area contributed by atoms with Gasteiger partial charge in [-0.3, -0.25) is 0 Å². The summed E-state index contributed by atoms with van der Waals surface area (Å²) >= 11 is 0. The van der Waals surface area contributed by atoms with E-state index in [1.807, 2.05) is 13.8 Å². The summed E-state index contributed by atoms with van der Waals surface area (Å²) in [5.41, 5.74) is 0.320. The van der Waals surface area contributed by atoms with Crippen molar-refractivity contribution in [2.45, 2.75) is 20.0 Å². The highest BCUT2D eigenvalue weighted by Crippen LogP contribution is 2.29. The Balaban J connectivity index is 3.11. The minimum Gasteiger partial charge on any atom is -0.502 e. The Labute approximate surface area is 87.9 Å². The maximum Gasteiger partial charge on any atom is 0.334 e. The van der Waals surface area contributed by atoms with Crippen molar-refractivity contribution < 1.29 is 14.6 Å². The van der Waals surface area contributed by atoms with Crippen molar-refractivity contribution in [3.63, 3.8) is 0 Å². The molecule has 78 valence electrons. The van der Waals surface area contributed by atoms with Crippen molar-refractivity contribution >= 4 is 11.7 Å². The summed E-state index contributed by atoms with van der Waals surface area (Å²) < 4.78 is 5.36. The van der Waals surface area contributed by atoms with Gasteiger partial charge >= 0.3 is 5.97 Å². The quantitative estimate of drug-likeness (QED) is 0.772. The Morgan fingerprint density at radius 2 is 2.20 bits per heavy atom. The molecule has 4 nitrogen and oxygen atoms in total. The lowest BCUT2D eigenvalue weighted by atomic mass is 10.2. The third kappa shape index (κ3) is 2.71. The third-order valence-electron chi connectivity index (χ3n) is 1.69. The first-order valence-electron chi connectivity index (χ1n) is 4.46. The molecule has 1 aromatic carbocycles. The van der Waals surface area contributed by atoms with E-state index < -0.39 is 5.97 Å². The van der Waals surface area contributed by atoms with Crippen LogP contribution >= 0.6 is 0 Å². The minimum absolute atomic E-state index is 0.0406. The number of rotatable bonds is 3. The van der Waals surface area contributed by atoms with Crippen LogP contribution in [0.1, 0.15) is 24.2 Å². The Morgan fingerprint density at radius 3 is 2.67 bits per heavy atom. The number of nitrogens with zero attached hydrogens (tertiary/aromatic N) is 1. The molecule has 0 spiro atoms. The molecule has 0 aliphatic rings. The summed E-state index contributed by atoms with van der Waals surface area (Å²) in [5.74, 6) is -0.624. The standard InChI is InChI=1S/C11H11NO3/c1-7(2)15-10-5-4-8(11(13)14)6-9(10)12-3/h4-7H,1-2H3,(H,13,14). The Bertz CT molecular complexity index is 418. The van der Waals surface area contributed by atoms with Gasteiger partial charge in [-0.1, -0.05) is 0 Å². The van der Waals surface area contributed by atoms with Crippen LogP contribution in [0.25, 0.3) is 4.85 Å². The van der Waals surface area contributed by atoms with Gasteiger partial charge in [-0.25, -0.2) is 9.64 Å². The summed E-state index contributed by atoms with van der Waals surface area (Å²) in [6, 6.07) is 4.25. The van der Waals surface area contributed by atoms with Crippen LogP contribution < -0.4 is 4.74 Å². The van der Waals surface area contributed by atoms with E-state index in [-0.39, 0.29) is 17.4 Å². The molecule has 0 amide bonds. The Hall–Kier alpha value is -2.02. The molecule has 0 heterocycles. The van der Waals surface area contributed by atoms with Gasteiger partial charge < -0.3 is 9.84 Å². The minimum atomic E-state index is -1.05. The second-order valence-corrected chi connectivity index (χ2v) is 3.27. The molecular formula is C11H11NO3. The van der Waals surface area contributed by atoms with E-state index in [0.29, 0.717) is 5.75 Å². The molecular weight excluding hydrogens is 194 g/mol. The highest BCUT2D eigenvalue weighted by atomic mass is 16.5. The first kappa shape index (κ1) is 11.1. The van der Waals surface area contributed by atoms with Gasteiger partial charge in [0.05, 0.1) is 12.7 Å². The van der Waals surface area contributed by atoms with E-state index in [0.717, 1.165) is 0 Å². The molecule has 0 bridgehead atoms. The fraction of sp³-hybridized carbons (Fsp3) is 0.273. The van der Waals surface area contributed by atoms with Crippen LogP contribution in [0.4, 0.5) is 5.69 Å². The largest absolute Gasteiger partial charge is 0.502 e. The van der Waals surface area contributed by atoms with Gasteiger partial charge in [0, 0.05) is 5.56 Å². The van der Waals surface area contributed by atoms with E-state index in [1.165, 1.54) is 18.2 Å². The average molecular weight is 205 g/mol. The van der Waals surface area contributed by atoms with Crippen molar-refractivity contribution in [1.82, 2.24) is 0 Å². The van der Waals surface area contributed by atoms with Crippen LogP contribution in [0.5, 0.6) is 5.75 Å². The first-order valence-corrected chi connectivity index (χ1v) is 4.46. The van der Waals surface area contributed by atoms with Crippen LogP contribution in [-0.4, -0.2) is 17.2 Å². The van der Waals surface area contributed by atoms with E-state index in [1.54, 1.807) is 0 Å². The summed E-state index contributed by atoms with van der Waals surface area (Å²) in [6.45, 7) is 10.6. The highest BCUT2D eigenvalue weighted by Gasteiger charge is 2.10. The second-order valence-electron chi connectivity index (χ2n) is 3.27. The zero-order chi connectivity index (χ0) is 11.4. The monoisotopic (exact) mass is 205 g/mol. The fourth-order valence-electron chi connectivity index (χ4n) is 1.09. The van der Waals surface area contributed by atoms with E-state index in [9.17, 15) is 4.79 Å². The lowest BCUT2D eigenvalue weighted by Gasteiger charge is -2.11. The van der Waals surface area contributed by atoms with Gasteiger partial charge in [0.2, 0.25) is 5.69 Å². The van der Waals surface area contributed by atoms with E-state index >= 15 is 0 Å². The number of aromatic carboxylic acids is 1. The first-order chi connectivity index (χ1) is 7.04. The summed E-state index contributed by atoms with van der Waals surface area (Å²) in [5, 5.41) is 8.73. The van der Waals surface area contributed by atoms with Crippen LogP contribution in [0.3, 0.4) is 0 Å². The molecule has 0 aliphatic carbocycles. The van der Waals surface area contributed by atoms with Crippen LogP contribution in [0.15, 0.2) is 18.2 Å². The fourth-order valence-corrected chi connectivity index (χ4v) is 1.09. The topological polar surface area (TPSA) is 50.9 Å². The lowest BCUT2D eigenvalue weighted by Crippen LogP contribution is -2.06. The van der Waals surface area contributed by atoms with Gasteiger partial charge in [0.25, 0.3) is 0 Å². The number of carbonyl (C=O) groups is 1. The third-order valence-corrected chi connectivity index (χ3v) is 1.69. The zero-order valence-corrected chi connectivity index (χ0v) is 8.52. The molecule has 0 aromatic heterocycles. The van der Waals surface area contributed by atoms with E-state index in [4.69, 9.17) is 16.4 Å². The van der Waals surface area contributed by atoms with Crippen molar-refractivity contribution in [3.8, 4) is 5.75 Å². The summed E-state index contributed by atoms with van der Waals surface area (Å²) in [4.78, 5) is 13.9. The molecule has 0 atom stereocenters. The zero-order valence-electron chi connectivity index (χ0n) is 8.52. The molecule has 1 aromatic rings. The molecule has 0 saturated carbocycles. The Kier molecular flexibility index (Phi) is 3.29. The average Bonchev–Trinajstić information content (AvgIpc) is 2.17. The lowest BCUT2D eigenvalue weighted by molar-refractivity contribution is 0.0697. The molecule has 0 radical (unpaired) electrons. The smallest absolute Gasteiger partial charge is 0.334 e. The predicted molar refractivity (Wildman–Crippen MR) is 55.4 cm³/mol. The van der Waals surface area contributed by atoms with Gasteiger partial charge in [0.1, 0.15) is 5.75 Å². The number of hydrogen-bond donors (Lipinski definition) is 1. The maximum atomic E-state index is 10.7. The van der Waals surface area contributed by atoms with Crippen LogP contribution in [-0.2, 0) is 0 Å². The highest BCUT2D eigenvalue weighted by molar-refractivity contribution is 5.89. The number of carboxylic acid groups (broad SMARTS) is 1.